The van der Waals surface area contributed by atoms with E-state index < -0.39 is 12.1 Å². The first-order valence-corrected chi connectivity index (χ1v) is 7.03. The molecule has 1 heterocycles. The number of Topliss-reactive ketones (excluding diaryl/α,β-unsaturated/α-hetero) is 1. The highest BCUT2D eigenvalue weighted by molar-refractivity contribution is 7.12. The maximum Gasteiger partial charge on any atom is 0.490 e. The lowest BCUT2D eigenvalue weighted by atomic mass is 10.1. The number of rotatable bonds is 6. The van der Waals surface area contributed by atoms with Gasteiger partial charge in [-0.25, -0.2) is 4.79 Å². The quantitative estimate of drug-likeness (QED) is 0.620. The van der Waals surface area contributed by atoms with Crippen LogP contribution in [0.2, 0.25) is 0 Å². The van der Waals surface area contributed by atoms with E-state index in [4.69, 9.17) is 9.90 Å². The van der Waals surface area contributed by atoms with Gasteiger partial charge in [-0.3, -0.25) is 4.79 Å². The number of aliphatic carboxylic acids is 1. The van der Waals surface area contributed by atoms with Crippen LogP contribution >= 0.6 is 11.3 Å². The molecule has 1 aromatic heterocycles. The Morgan fingerprint density at radius 3 is 2.25 bits per heavy atom. The topological polar surface area (TPSA) is 54.4 Å². The number of carboxylic acids is 1. The van der Waals surface area contributed by atoms with Crippen molar-refractivity contribution in [2.24, 2.45) is 0 Å². The van der Waals surface area contributed by atoms with E-state index in [1.807, 2.05) is 17.5 Å². The van der Waals surface area contributed by atoms with E-state index in [-0.39, 0.29) is 0 Å². The average Bonchev–Trinajstić information content (AvgIpc) is 2.88. The molecule has 7 heteroatoms. The molecule has 20 heavy (non-hydrogen) atoms. The summed E-state index contributed by atoms with van der Waals surface area (Å²) in [6.07, 6.45) is 0.351. The van der Waals surface area contributed by atoms with Gasteiger partial charge >= 0.3 is 12.1 Å². The third-order valence-electron chi connectivity index (χ3n) is 2.30. The van der Waals surface area contributed by atoms with Gasteiger partial charge in [-0.2, -0.15) is 13.2 Å². The summed E-state index contributed by atoms with van der Waals surface area (Å²) in [5.74, 6) is -2.45. The van der Waals surface area contributed by atoms with Crippen molar-refractivity contribution in [1.82, 2.24) is 0 Å². The van der Waals surface area contributed by atoms with Crippen LogP contribution < -0.4 is 0 Å². The van der Waals surface area contributed by atoms with Gasteiger partial charge in [0.1, 0.15) is 0 Å². The number of ketones is 1. The summed E-state index contributed by atoms with van der Waals surface area (Å²) < 4.78 is 31.7. The van der Waals surface area contributed by atoms with Gasteiger partial charge in [-0.1, -0.05) is 32.3 Å². The number of alkyl halides is 3. The Balaban J connectivity index is 0.000000441. The minimum absolute atomic E-state index is 0.311. The molecule has 0 fully saturated rings. The zero-order valence-electron chi connectivity index (χ0n) is 11.1. The van der Waals surface area contributed by atoms with Crippen LogP contribution in [0.15, 0.2) is 17.5 Å². The SMILES string of the molecule is CCCCCCC(=O)c1cccs1.O=C(O)C(F)(F)F. The van der Waals surface area contributed by atoms with Gasteiger partial charge in [0, 0.05) is 6.42 Å². The molecule has 0 amide bonds. The van der Waals surface area contributed by atoms with Crippen molar-refractivity contribution >= 4 is 23.1 Å². The van der Waals surface area contributed by atoms with E-state index in [9.17, 15) is 18.0 Å². The van der Waals surface area contributed by atoms with E-state index in [2.05, 4.69) is 6.92 Å². The van der Waals surface area contributed by atoms with Crippen LogP contribution in [0, 0.1) is 0 Å². The monoisotopic (exact) mass is 310 g/mol. The summed E-state index contributed by atoms with van der Waals surface area (Å²) in [7, 11) is 0. The first-order valence-electron chi connectivity index (χ1n) is 6.15. The molecule has 0 radical (unpaired) electrons. The Kier molecular flexibility index (Phi) is 8.87. The third-order valence-corrected chi connectivity index (χ3v) is 3.21. The summed E-state index contributed by atoms with van der Waals surface area (Å²) in [5, 5.41) is 9.08. The van der Waals surface area contributed by atoms with Crippen molar-refractivity contribution in [1.29, 1.82) is 0 Å². The summed E-state index contributed by atoms with van der Waals surface area (Å²) in [4.78, 5) is 21.3. The lowest BCUT2D eigenvalue weighted by molar-refractivity contribution is -0.192. The Morgan fingerprint density at radius 1 is 1.25 bits per heavy atom. The highest BCUT2D eigenvalue weighted by Gasteiger charge is 2.38. The Labute approximate surface area is 119 Å². The smallest absolute Gasteiger partial charge is 0.475 e. The van der Waals surface area contributed by atoms with E-state index in [1.165, 1.54) is 19.3 Å². The standard InChI is InChI=1S/C11H16OS.C2HF3O2/c1-2-3-4-5-7-10(12)11-8-6-9-13-11;3-2(4,5)1(6)7/h6,8-9H,2-5,7H2,1H3;(H,6,7). The number of thiophene rings is 1. The first-order chi connectivity index (χ1) is 9.29. The maximum absolute atomic E-state index is 11.5. The molecule has 0 unspecified atom stereocenters. The minimum atomic E-state index is -5.08. The molecule has 0 saturated heterocycles. The largest absolute Gasteiger partial charge is 0.490 e. The molecule has 1 rings (SSSR count). The number of carboxylic acid groups (broad SMARTS) is 1. The lowest BCUT2D eigenvalue weighted by Gasteiger charge is -1.97. The van der Waals surface area contributed by atoms with Crippen molar-refractivity contribution in [2.75, 3.05) is 0 Å². The Morgan fingerprint density at radius 2 is 1.85 bits per heavy atom. The van der Waals surface area contributed by atoms with Crippen LogP contribution in [0.5, 0.6) is 0 Å². The fraction of sp³-hybridized carbons (Fsp3) is 0.538. The third kappa shape index (κ3) is 8.68. The van der Waals surface area contributed by atoms with Gasteiger partial charge in [0.15, 0.2) is 5.78 Å². The number of unbranched alkanes of at least 4 members (excludes halogenated alkanes) is 3. The average molecular weight is 310 g/mol. The predicted octanol–water partition coefficient (Wildman–Crippen LogP) is 4.53. The molecule has 114 valence electrons. The van der Waals surface area contributed by atoms with Crippen molar-refractivity contribution in [3.8, 4) is 0 Å². The molecule has 0 aromatic carbocycles. The minimum Gasteiger partial charge on any atom is -0.475 e. The van der Waals surface area contributed by atoms with Gasteiger partial charge in [0.25, 0.3) is 0 Å². The molecule has 1 aromatic rings. The molecule has 0 saturated carbocycles. The zero-order chi connectivity index (χ0) is 15.6. The van der Waals surface area contributed by atoms with Gasteiger partial charge in [0.2, 0.25) is 0 Å². The molecule has 3 nitrogen and oxygen atoms in total. The van der Waals surface area contributed by atoms with Crippen LogP contribution in [-0.2, 0) is 4.79 Å². The van der Waals surface area contributed by atoms with Crippen LogP contribution in [-0.4, -0.2) is 23.0 Å². The summed E-state index contributed by atoms with van der Waals surface area (Å²) in [6, 6.07) is 3.84. The van der Waals surface area contributed by atoms with Crippen LogP contribution in [0.1, 0.15) is 48.7 Å². The fourth-order valence-electron chi connectivity index (χ4n) is 1.27. The molecule has 0 aliphatic rings. The van der Waals surface area contributed by atoms with Gasteiger partial charge in [0.05, 0.1) is 4.88 Å². The van der Waals surface area contributed by atoms with Crippen molar-refractivity contribution < 1.29 is 27.9 Å². The normalized spacial score (nSPS) is 10.6. The molecule has 0 atom stereocenters. The second-order valence-corrected chi connectivity index (χ2v) is 4.96. The molecule has 0 aliphatic carbocycles. The maximum atomic E-state index is 11.5. The molecule has 1 N–H and O–H groups in total. The van der Waals surface area contributed by atoms with Crippen LogP contribution in [0.4, 0.5) is 13.2 Å². The number of carbonyl (C=O) groups is 2. The highest BCUT2D eigenvalue weighted by atomic mass is 32.1. The lowest BCUT2D eigenvalue weighted by Crippen LogP contribution is -2.21. The molecule has 0 aliphatic heterocycles. The van der Waals surface area contributed by atoms with E-state index in [0.717, 1.165) is 17.7 Å². The van der Waals surface area contributed by atoms with Crippen molar-refractivity contribution in [3.63, 3.8) is 0 Å². The van der Waals surface area contributed by atoms with Crippen LogP contribution in [0.25, 0.3) is 0 Å². The van der Waals surface area contributed by atoms with Crippen molar-refractivity contribution in [3.05, 3.63) is 22.4 Å². The summed E-state index contributed by atoms with van der Waals surface area (Å²) in [6.45, 7) is 2.18. The van der Waals surface area contributed by atoms with Gasteiger partial charge in [-0.15, -0.1) is 11.3 Å². The number of hydrogen-bond donors (Lipinski definition) is 1. The first kappa shape index (κ1) is 18.6. The number of hydrogen-bond acceptors (Lipinski definition) is 3. The Hall–Kier alpha value is -1.37. The second-order valence-electron chi connectivity index (χ2n) is 4.01. The van der Waals surface area contributed by atoms with Gasteiger partial charge in [-0.05, 0) is 17.9 Å². The molecule has 0 bridgehead atoms. The van der Waals surface area contributed by atoms with E-state index >= 15 is 0 Å². The molecular weight excluding hydrogens is 293 g/mol. The predicted molar refractivity (Wildman–Crippen MR) is 71.1 cm³/mol. The van der Waals surface area contributed by atoms with Gasteiger partial charge < -0.3 is 5.11 Å². The zero-order valence-corrected chi connectivity index (χ0v) is 11.9. The fourth-order valence-corrected chi connectivity index (χ4v) is 1.97. The molecule has 0 spiro atoms. The highest BCUT2D eigenvalue weighted by Crippen LogP contribution is 2.14. The number of halogens is 3. The van der Waals surface area contributed by atoms with Crippen LogP contribution in [0.3, 0.4) is 0 Å². The van der Waals surface area contributed by atoms with E-state index in [1.54, 1.807) is 11.3 Å². The van der Waals surface area contributed by atoms with E-state index in [0.29, 0.717) is 5.78 Å². The second kappa shape index (κ2) is 9.52. The summed E-state index contributed by atoms with van der Waals surface area (Å²) >= 11 is 1.55. The summed E-state index contributed by atoms with van der Waals surface area (Å²) in [5.41, 5.74) is 0. The Bertz CT molecular complexity index is 399. The number of carbonyl (C=O) groups excluding carboxylic acids is 1. The molecular formula is C13H17F3O3S. The van der Waals surface area contributed by atoms with Crippen molar-refractivity contribution in [2.45, 2.75) is 45.2 Å².